The first-order valence-electron chi connectivity index (χ1n) is 5.06. The summed E-state index contributed by atoms with van der Waals surface area (Å²) in [7, 11) is 3.53. The normalized spacial score (nSPS) is 23.1. The highest BCUT2D eigenvalue weighted by Crippen LogP contribution is 2.23. The van der Waals surface area contributed by atoms with Gasteiger partial charge in [-0.15, -0.1) is 0 Å². The summed E-state index contributed by atoms with van der Waals surface area (Å²) in [6.45, 7) is 6.15. The van der Waals surface area contributed by atoms with Gasteiger partial charge in [-0.25, -0.2) is 0 Å². The molecular formula is C11H19NO2. The zero-order chi connectivity index (χ0) is 10.6. The fourth-order valence-corrected chi connectivity index (χ4v) is 1.90. The Kier molecular flexibility index (Phi) is 4.14. The minimum atomic E-state index is -0.178. The van der Waals surface area contributed by atoms with Crippen molar-refractivity contribution in [2.75, 3.05) is 27.2 Å². The van der Waals surface area contributed by atoms with Crippen LogP contribution in [-0.2, 0) is 9.53 Å². The lowest BCUT2D eigenvalue weighted by Crippen LogP contribution is -2.33. The van der Waals surface area contributed by atoms with E-state index in [1.165, 1.54) is 13.5 Å². The number of carbonyl (C=O) groups excluding carboxylic acids is 1. The first-order chi connectivity index (χ1) is 6.63. The fourth-order valence-electron chi connectivity index (χ4n) is 1.90. The van der Waals surface area contributed by atoms with Gasteiger partial charge in [0.05, 0.1) is 13.5 Å². The lowest BCUT2D eigenvalue weighted by atomic mass is 9.90. The highest BCUT2D eigenvalue weighted by atomic mass is 16.5. The molecule has 0 radical (unpaired) electrons. The van der Waals surface area contributed by atoms with E-state index < -0.39 is 0 Å². The van der Waals surface area contributed by atoms with Gasteiger partial charge in [0.1, 0.15) is 0 Å². The first kappa shape index (κ1) is 11.2. The molecule has 1 fully saturated rings. The van der Waals surface area contributed by atoms with Crippen LogP contribution < -0.4 is 0 Å². The Hall–Kier alpha value is -0.830. The maximum absolute atomic E-state index is 11.0. The van der Waals surface area contributed by atoms with Crippen LogP contribution in [0.3, 0.4) is 0 Å². The molecule has 1 saturated heterocycles. The molecule has 0 saturated carbocycles. The lowest BCUT2D eigenvalue weighted by Gasteiger charge is -2.30. The Morgan fingerprint density at radius 2 is 2.36 bits per heavy atom. The number of methoxy groups -OCH3 is 1. The van der Waals surface area contributed by atoms with E-state index in [2.05, 4.69) is 23.3 Å². The van der Waals surface area contributed by atoms with Gasteiger partial charge in [0.25, 0.3) is 0 Å². The molecule has 1 aliphatic heterocycles. The van der Waals surface area contributed by atoms with Gasteiger partial charge < -0.3 is 9.64 Å². The van der Waals surface area contributed by atoms with Crippen LogP contribution in [0.5, 0.6) is 0 Å². The summed E-state index contributed by atoms with van der Waals surface area (Å²) < 4.78 is 4.63. The standard InChI is InChI=1S/C11H19NO2/c1-9(7-11(13)14-3)10-5-4-6-12(2)8-10/h10H,1,4-8H2,2-3H3. The number of esters is 1. The van der Waals surface area contributed by atoms with Gasteiger partial charge >= 0.3 is 5.97 Å². The van der Waals surface area contributed by atoms with E-state index in [0.717, 1.165) is 25.1 Å². The minimum absolute atomic E-state index is 0.178. The number of nitrogens with zero attached hydrogens (tertiary/aromatic N) is 1. The molecule has 0 amide bonds. The second-order valence-electron chi connectivity index (χ2n) is 4.01. The van der Waals surface area contributed by atoms with E-state index in [-0.39, 0.29) is 5.97 Å². The van der Waals surface area contributed by atoms with Crippen LogP contribution in [0.15, 0.2) is 12.2 Å². The monoisotopic (exact) mass is 197 g/mol. The van der Waals surface area contributed by atoms with E-state index in [1.807, 2.05) is 0 Å². The molecule has 1 unspecified atom stereocenters. The maximum Gasteiger partial charge on any atom is 0.309 e. The van der Waals surface area contributed by atoms with Crippen LogP contribution in [0.2, 0.25) is 0 Å². The molecule has 0 N–H and O–H groups in total. The molecule has 1 rings (SSSR count). The molecule has 0 aliphatic carbocycles. The number of carbonyl (C=O) groups is 1. The Morgan fingerprint density at radius 1 is 1.64 bits per heavy atom. The molecule has 0 spiro atoms. The Morgan fingerprint density at radius 3 is 2.93 bits per heavy atom. The molecule has 1 aliphatic rings. The quantitative estimate of drug-likeness (QED) is 0.506. The van der Waals surface area contributed by atoms with E-state index in [1.54, 1.807) is 0 Å². The van der Waals surface area contributed by atoms with Gasteiger partial charge in [0.2, 0.25) is 0 Å². The van der Waals surface area contributed by atoms with Crippen LogP contribution in [0.4, 0.5) is 0 Å². The smallest absolute Gasteiger partial charge is 0.309 e. The van der Waals surface area contributed by atoms with E-state index >= 15 is 0 Å². The number of ether oxygens (including phenoxy) is 1. The molecule has 0 bridgehead atoms. The Bertz CT molecular complexity index is 225. The van der Waals surface area contributed by atoms with Crippen LogP contribution in [-0.4, -0.2) is 38.1 Å². The Balaban J connectivity index is 2.39. The topological polar surface area (TPSA) is 29.5 Å². The van der Waals surface area contributed by atoms with Crippen molar-refractivity contribution in [2.45, 2.75) is 19.3 Å². The van der Waals surface area contributed by atoms with E-state index in [9.17, 15) is 4.79 Å². The predicted octanol–water partition coefficient (Wildman–Crippen LogP) is 1.45. The number of hydrogen-bond acceptors (Lipinski definition) is 3. The van der Waals surface area contributed by atoms with Crippen molar-refractivity contribution in [1.29, 1.82) is 0 Å². The second kappa shape index (κ2) is 5.15. The van der Waals surface area contributed by atoms with Crippen molar-refractivity contribution in [1.82, 2.24) is 4.90 Å². The van der Waals surface area contributed by atoms with Crippen molar-refractivity contribution in [3.8, 4) is 0 Å². The summed E-state index contributed by atoms with van der Waals surface area (Å²) in [6.07, 6.45) is 2.72. The largest absolute Gasteiger partial charge is 0.469 e. The summed E-state index contributed by atoms with van der Waals surface area (Å²) in [5, 5.41) is 0. The van der Waals surface area contributed by atoms with Gasteiger partial charge in [-0.2, -0.15) is 0 Å². The maximum atomic E-state index is 11.0. The van der Waals surface area contributed by atoms with Crippen LogP contribution in [0.25, 0.3) is 0 Å². The molecule has 3 heteroatoms. The molecule has 0 aromatic heterocycles. The van der Waals surface area contributed by atoms with Crippen LogP contribution >= 0.6 is 0 Å². The third kappa shape index (κ3) is 3.14. The van der Waals surface area contributed by atoms with Gasteiger partial charge in [-0.1, -0.05) is 12.2 Å². The van der Waals surface area contributed by atoms with Crippen LogP contribution in [0, 0.1) is 5.92 Å². The molecule has 0 aromatic rings. The number of hydrogen-bond donors (Lipinski definition) is 0. The molecule has 1 heterocycles. The number of rotatable bonds is 3. The minimum Gasteiger partial charge on any atom is -0.469 e. The highest BCUT2D eigenvalue weighted by molar-refractivity contribution is 5.72. The SMILES string of the molecule is C=C(CC(=O)OC)C1CCCN(C)C1. The third-order valence-electron chi connectivity index (χ3n) is 2.80. The average molecular weight is 197 g/mol. The van der Waals surface area contributed by atoms with E-state index in [0.29, 0.717) is 12.3 Å². The van der Waals surface area contributed by atoms with E-state index in [4.69, 9.17) is 0 Å². The number of likely N-dealkylation sites (tertiary alicyclic amines) is 1. The zero-order valence-corrected chi connectivity index (χ0v) is 9.08. The van der Waals surface area contributed by atoms with Crippen molar-refractivity contribution in [3.63, 3.8) is 0 Å². The van der Waals surface area contributed by atoms with Crippen LogP contribution in [0.1, 0.15) is 19.3 Å². The molecule has 0 aromatic carbocycles. The van der Waals surface area contributed by atoms with Crippen molar-refractivity contribution in [2.24, 2.45) is 5.92 Å². The summed E-state index contributed by atoms with van der Waals surface area (Å²) >= 11 is 0. The molecule has 14 heavy (non-hydrogen) atoms. The molecule has 3 nitrogen and oxygen atoms in total. The molecular weight excluding hydrogens is 178 g/mol. The summed E-state index contributed by atoms with van der Waals surface area (Å²) in [5.41, 5.74) is 1.02. The predicted molar refractivity (Wildman–Crippen MR) is 56.0 cm³/mol. The molecule has 80 valence electrons. The van der Waals surface area contributed by atoms with Crippen molar-refractivity contribution >= 4 is 5.97 Å². The fraction of sp³-hybridized carbons (Fsp3) is 0.727. The lowest BCUT2D eigenvalue weighted by molar-refractivity contribution is -0.139. The highest BCUT2D eigenvalue weighted by Gasteiger charge is 2.21. The van der Waals surface area contributed by atoms with Gasteiger partial charge in [0.15, 0.2) is 0 Å². The van der Waals surface area contributed by atoms with Gasteiger partial charge in [-0.3, -0.25) is 4.79 Å². The summed E-state index contributed by atoms with van der Waals surface area (Å²) in [5.74, 6) is 0.288. The van der Waals surface area contributed by atoms with Gasteiger partial charge in [0, 0.05) is 6.54 Å². The summed E-state index contributed by atoms with van der Waals surface area (Å²) in [6, 6.07) is 0. The zero-order valence-electron chi connectivity index (χ0n) is 9.08. The average Bonchev–Trinajstić information content (AvgIpc) is 2.17. The molecule has 1 atom stereocenters. The number of piperidine rings is 1. The first-order valence-corrected chi connectivity index (χ1v) is 5.06. The Labute approximate surface area is 85.7 Å². The second-order valence-corrected chi connectivity index (χ2v) is 4.01. The van der Waals surface area contributed by atoms with Gasteiger partial charge in [-0.05, 0) is 32.4 Å². The third-order valence-corrected chi connectivity index (χ3v) is 2.80. The summed E-state index contributed by atoms with van der Waals surface area (Å²) in [4.78, 5) is 13.3. The van der Waals surface area contributed by atoms with Crippen molar-refractivity contribution in [3.05, 3.63) is 12.2 Å². The van der Waals surface area contributed by atoms with Crippen molar-refractivity contribution < 1.29 is 9.53 Å².